The molecular weight excluding hydrogens is 286 g/mol. The Morgan fingerprint density at radius 3 is 2.76 bits per heavy atom. The first-order valence-corrected chi connectivity index (χ1v) is 7.54. The van der Waals surface area contributed by atoms with Gasteiger partial charge in [0.15, 0.2) is 0 Å². The molecule has 0 aliphatic carbocycles. The maximum atomic E-state index is 11.9. The Morgan fingerprint density at radius 1 is 1.38 bits per heavy atom. The summed E-state index contributed by atoms with van der Waals surface area (Å²) < 4.78 is 0. The molecule has 2 rings (SSSR count). The standard InChI is InChI=1S/C15H19N3O2S/c1-15(2,10-19)18-13-6-5-11(9-16-13)17-14(20)8-12-4-3-7-21-12/h3-7,9,19H,8,10H2,1-2H3,(H,16,18)(H,17,20). The van der Waals surface area contributed by atoms with E-state index in [0.29, 0.717) is 17.9 Å². The second-order valence-corrected chi connectivity index (χ2v) is 6.44. The molecule has 0 unspecified atom stereocenters. The zero-order chi connectivity index (χ0) is 15.3. The highest BCUT2D eigenvalue weighted by Gasteiger charge is 2.16. The molecule has 112 valence electrons. The lowest BCUT2D eigenvalue weighted by Crippen LogP contribution is -2.35. The highest BCUT2D eigenvalue weighted by atomic mass is 32.1. The zero-order valence-corrected chi connectivity index (χ0v) is 12.9. The summed E-state index contributed by atoms with van der Waals surface area (Å²) in [6.07, 6.45) is 1.97. The third-order valence-corrected chi connectivity index (χ3v) is 3.70. The molecule has 0 bridgehead atoms. The fraction of sp³-hybridized carbons (Fsp3) is 0.333. The molecular formula is C15H19N3O2S. The Balaban J connectivity index is 1.91. The van der Waals surface area contributed by atoms with Crippen LogP contribution < -0.4 is 10.6 Å². The van der Waals surface area contributed by atoms with Crippen LogP contribution in [0.2, 0.25) is 0 Å². The smallest absolute Gasteiger partial charge is 0.229 e. The van der Waals surface area contributed by atoms with Gasteiger partial charge < -0.3 is 15.7 Å². The van der Waals surface area contributed by atoms with Crippen LogP contribution in [0, 0.1) is 0 Å². The van der Waals surface area contributed by atoms with Crippen LogP contribution in [0.3, 0.4) is 0 Å². The number of hydrogen-bond donors (Lipinski definition) is 3. The van der Waals surface area contributed by atoms with E-state index in [9.17, 15) is 9.90 Å². The molecule has 0 saturated heterocycles. The monoisotopic (exact) mass is 305 g/mol. The summed E-state index contributed by atoms with van der Waals surface area (Å²) in [4.78, 5) is 17.1. The van der Waals surface area contributed by atoms with Gasteiger partial charge >= 0.3 is 0 Å². The molecule has 0 radical (unpaired) electrons. The third-order valence-electron chi connectivity index (χ3n) is 2.82. The van der Waals surface area contributed by atoms with E-state index in [1.807, 2.05) is 31.4 Å². The highest BCUT2D eigenvalue weighted by Crippen LogP contribution is 2.15. The first-order chi connectivity index (χ1) is 9.98. The quantitative estimate of drug-likeness (QED) is 0.766. The third kappa shape index (κ3) is 4.84. The van der Waals surface area contributed by atoms with E-state index in [2.05, 4.69) is 15.6 Å². The first kappa shape index (κ1) is 15.5. The number of amides is 1. The van der Waals surface area contributed by atoms with Crippen molar-refractivity contribution in [2.75, 3.05) is 17.2 Å². The number of aromatic nitrogens is 1. The Hall–Kier alpha value is -1.92. The number of carbonyl (C=O) groups excluding carboxylic acids is 1. The summed E-state index contributed by atoms with van der Waals surface area (Å²) in [5.41, 5.74) is 0.223. The zero-order valence-electron chi connectivity index (χ0n) is 12.1. The summed E-state index contributed by atoms with van der Waals surface area (Å²) in [5, 5.41) is 17.1. The maximum Gasteiger partial charge on any atom is 0.229 e. The molecule has 0 atom stereocenters. The number of hydrogen-bond acceptors (Lipinski definition) is 5. The van der Waals surface area contributed by atoms with Gasteiger partial charge in [0, 0.05) is 4.88 Å². The molecule has 0 aliphatic heterocycles. The Kier molecular flexibility index (Phi) is 4.93. The van der Waals surface area contributed by atoms with E-state index in [4.69, 9.17) is 0 Å². The number of nitrogens with one attached hydrogen (secondary N) is 2. The van der Waals surface area contributed by atoms with Crippen molar-refractivity contribution < 1.29 is 9.90 Å². The normalized spacial score (nSPS) is 11.2. The van der Waals surface area contributed by atoms with Crippen LogP contribution in [0.4, 0.5) is 11.5 Å². The Labute approximate surface area is 128 Å². The predicted octanol–water partition coefficient (Wildman–Crippen LogP) is 2.51. The number of thiophene rings is 1. The number of nitrogens with zero attached hydrogens (tertiary/aromatic N) is 1. The van der Waals surface area contributed by atoms with Crippen LogP contribution in [0.1, 0.15) is 18.7 Å². The number of aliphatic hydroxyl groups is 1. The topological polar surface area (TPSA) is 74.2 Å². The van der Waals surface area contributed by atoms with Gasteiger partial charge in [-0.15, -0.1) is 11.3 Å². The summed E-state index contributed by atoms with van der Waals surface area (Å²) in [7, 11) is 0. The van der Waals surface area contributed by atoms with Crippen molar-refractivity contribution >= 4 is 28.7 Å². The Bertz CT molecular complexity index is 579. The van der Waals surface area contributed by atoms with E-state index < -0.39 is 5.54 Å². The number of aliphatic hydroxyl groups excluding tert-OH is 1. The molecule has 0 fully saturated rings. The molecule has 0 aromatic carbocycles. The fourth-order valence-corrected chi connectivity index (χ4v) is 2.41. The first-order valence-electron chi connectivity index (χ1n) is 6.66. The van der Waals surface area contributed by atoms with E-state index in [1.165, 1.54) is 0 Å². The molecule has 3 N–H and O–H groups in total. The van der Waals surface area contributed by atoms with Crippen molar-refractivity contribution in [1.82, 2.24) is 4.98 Å². The van der Waals surface area contributed by atoms with Gasteiger partial charge in [0.2, 0.25) is 5.91 Å². The highest BCUT2D eigenvalue weighted by molar-refractivity contribution is 7.10. The van der Waals surface area contributed by atoms with Gasteiger partial charge in [0.25, 0.3) is 0 Å². The summed E-state index contributed by atoms with van der Waals surface area (Å²) in [6, 6.07) is 7.43. The minimum absolute atomic E-state index is 0.00792. The number of anilines is 2. The van der Waals surface area contributed by atoms with E-state index in [-0.39, 0.29) is 12.5 Å². The van der Waals surface area contributed by atoms with Gasteiger partial charge in [-0.25, -0.2) is 4.98 Å². The van der Waals surface area contributed by atoms with Crippen molar-refractivity contribution in [3.63, 3.8) is 0 Å². The van der Waals surface area contributed by atoms with Crippen LogP contribution in [-0.2, 0) is 11.2 Å². The second-order valence-electron chi connectivity index (χ2n) is 5.40. The molecule has 2 aromatic heterocycles. The fourth-order valence-electron chi connectivity index (χ4n) is 1.70. The molecule has 1 amide bonds. The minimum atomic E-state index is -0.434. The summed E-state index contributed by atoms with van der Waals surface area (Å²) in [5.74, 6) is 0.598. The average Bonchev–Trinajstić information content (AvgIpc) is 2.93. The average molecular weight is 305 g/mol. The van der Waals surface area contributed by atoms with Crippen LogP contribution in [0.15, 0.2) is 35.8 Å². The lowest BCUT2D eigenvalue weighted by atomic mass is 10.1. The van der Waals surface area contributed by atoms with Gasteiger partial charge in [0.1, 0.15) is 5.82 Å². The predicted molar refractivity (Wildman–Crippen MR) is 85.7 cm³/mol. The van der Waals surface area contributed by atoms with E-state index >= 15 is 0 Å². The Morgan fingerprint density at radius 2 is 2.19 bits per heavy atom. The van der Waals surface area contributed by atoms with Crippen molar-refractivity contribution in [2.24, 2.45) is 0 Å². The van der Waals surface area contributed by atoms with Crippen molar-refractivity contribution in [3.05, 3.63) is 40.7 Å². The number of rotatable bonds is 6. The van der Waals surface area contributed by atoms with Crippen molar-refractivity contribution in [2.45, 2.75) is 25.8 Å². The van der Waals surface area contributed by atoms with Crippen molar-refractivity contribution in [1.29, 1.82) is 0 Å². The lowest BCUT2D eigenvalue weighted by Gasteiger charge is -2.24. The van der Waals surface area contributed by atoms with Gasteiger partial charge in [0.05, 0.1) is 30.5 Å². The maximum absolute atomic E-state index is 11.9. The van der Waals surface area contributed by atoms with Gasteiger partial charge in [-0.05, 0) is 37.4 Å². The summed E-state index contributed by atoms with van der Waals surface area (Å²) in [6.45, 7) is 3.77. The van der Waals surface area contributed by atoms with Crippen LogP contribution in [-0.4, -0.2) is 28.1 Å². The van der Waals surface area contributed by atoms with Gasteiger partial charge in [-0.1, -0.05) is 6.07 Å². The number of carbonyl (C=O) groups is 1. The van der Waals surface area contributed by atoms with Crippen LogP contribution in [0.25, 0.3) is 0 Å². The second kappa shape index (κ2) is 6.69. The molecule has 5 nitrogen and oxygen atoms in total. The van der Waals surface area contributed by atoms with E-state index in [0.717, 1.165) is 4.88 Å². The van der Waals surface area contributed by atoms with Gasteiger partial charge in [-0.2, -0.15) is 0 Å². The summed E-state index contributed by atoms with van der Waals surface area (Å²) >= 11 is 1.56. The van der Waals surface area contributed by atoms with Crippen molar-refractivity contribution in [3.8, 4) is 0 Å². The molecule has 21 heavy (non-hydrogen) atoms. The molecule has 0 saturated carbocycles. The molecule has 2 aromatic rings. The molecule has 2 heterocycles. The van der Waals surface area contributed by atoms with E-state index in [1.54, 1.807) is 29.7 Å². The van der Waals surface area contributed by atoms with Gasteiger partial charge in [-0.3, -0.25) is 4.79 Å². The molecule has 0 spiro atoms. The minimum Gasteiger partial charge on any atom is -0.394 e. The van der Waals surface area contributed by atoms with Crippen LogP contribution >= 0.6 is 11.3 Å². The lowest BCUT2D eigenvalue weighted by molar-refractivity contribution is -0.115. The molecule has 6 heteroatoms. The SMILES string of the molecule is CC(C)(CO)Nc1ccc(NC(=O)Cc2cccs2)cn1. The largest absolute Gasteiger partial charge is 0.394 e. The van der Waals surface area contributed by atoms with Crippen LogP contribution in [0.5, 0.6) is 0 Å². The number of pyridine rings is 1. The molecule has 0 aliphatic rings.